The molecule has 1 heterocycles. The number of rotatable bonds is 7. The van der Waals surface area contributed by atoms with Crippen LogP contribution in [-0.2, 0) is 16.1 Å². The Morgan fingerprint density at radius 2 is 1.96 bits per heavy atom. The van der Waals surface area contributed by atoms with Gasteiger partial charge in [0, 0.05) is 16.1 Å². The molecule has 0 aliphatic heterocycles. The van der Waals surface area contributed by atoms with E-state index in [0.717, 1.165) is 5.56 Å². The summed E-state index contributed by atoms with van der Waals surface area (Å²) in [5, 5.41) is 3.11. The first-order valence-corrected chi connectivity index (χ1v) is 8.71. The lowest BCUT2D eigenvalue weighted by atomic mass is 10.2. The van der Waals surface area contributed by atoms with Gasteiger partial charge in [-0.1, -0.05) is 17.7 Å². The minimum absolute atomic E-state index is 0.137. The first kappa shape index (κ1) is 19.4. The number of nitrogens with zero attached hydrogens (tertiary/aromatic N) is 1. The zero-order valence-electron chi connectivity index (χ0n) is 15.0. The summed E-state index contributed by atoms with van der Waals surface area (Å²) < 4.78 is 15.7. The second-order valence-electron chi connectivity index (χ2n) is 5.70. The predicted octanol–water partition coefficient (Wildman–Crippen LogP) is 3.48. The van der Waals surface area contributed by atoms with Gasteiger partial charge in [0.15, 0.2) is 12.4 Å². The number of carbonyl (C=O) groups is 2. The lowest BCUT2D eigenvalue weighted by molar-refractivity contribution is -0.144. The molecule has 3 aromatic rings. The van der Waals surface area contributed by atoms with Gasteiger partial charge < -0.3 is 19.2 Å². The largest absolute Gasteiger partial charge is 0.497 e. The highest BCUT2D eigenvalue weighted by molar-refractivity contribution is 6.30. The topological polar surface area (TPSA) is 90.7 Å². The molecule has 28 heavy (non-hydrogen) atoms. The van der Waals surface area contributed by atoms with Crippen molar-refractivity contribution >= 4 is 23.5 Å². The van der Waals surface area contributed by atoms with Gasteiger partial charge in [0.2, 0.25) is 5.89 Å². The molecular formula is C20H17ClN2O5. The normalized spacial score (nSPS) is 10.4. The van der Waals surface area contributed by atoms with Crippen molar-refractivity contribution in [2.24, 2.45) is 0 Å². The van der Waals surface area contributed by atoms with Crippen LogP contribution in [-0.4, -0.2) is 30.5 Å². The molecule has 1 aromatic heterocycles. The Bertz CT molecular complexity index is 969. The molecular weight excluding hydrogens is 384 g/mol. The van der Waals surface area contributed by atoms with Crippen LogP contribution >= 0.6 is 11.6 Å². The summed E-state index contributed by atoms with van der Waals surface area (Å²) >= 11 is 5.86. The quantitative estimate of drug-likeness (QED) is 0.610. The number of benzene rings is 2. The first-order chi connectivity index (χ1) is 13.5. The van der Waals surface area contributed by atoms with Gasteiger partial charge in [0.05, 0.1) is 13.3 Å². The van der Waals surface area contributed by atoms with E-state index in [-0.39, 0.29) is 19.0 Å². The number of hydrogen-bond donors (Lipinski definition) is 1. The maximum Gasteiger partial charge on any atom is 0.325 e. The summed E-state index contributed by atoms with van der Waals surface area (Å²) in [4.78, 5) is 28.0. The van der Waals surface area contributed by atoms with E-state index in [0.29, 0.717) is 22.1 Å². The molecule has 0 aliphatic carbocycles. The molecule has 0 atom stereocenters. The zero-order chi connectivity index (χ0) is 19.9. The maximum absolute atomic E-state index is 12.1. The molecule has 7 nitrogen and oxygen atoms in total. The Morgan fingerprint density at radius 1 is 1.18 bits per heavy atom. The van der Waals surface area contributed by atoms with Gasteiger partial charge in [0.1, 0.15) is 12.3 Å². The van der Waals surface area contributed by atoms with E-state index in [9.17, 15) is 9.59 Å². The van der Waals surface area contributed by atoms with E-state index in [1.807, 2.05) is 0 Å². The fourth-order valence-corrected chi connectivity index (χ4v) is 2.46. The number of esters is 1. The Balaban J connectivity index is 1.48. The Morgan fingerprint density at radius 3 is 2.71 bits per heavy atom. The van der Waals surface area contributed by atoms with Crippen molar-refractivity contribution < 1.29 is 23.5 Å². The number of halogens is 1. The summed E-state index contributed by atoms with van der Waals surface area (Å²) in [5.74, 6) is 0.321. The first-order valence-electron chi connectivity index (χ1n) is 8.33. The predicted molar refractivity (Wildman–Crippen MR) is 102 cm³/mol. The van der Waals surface area contributed by atoms with Crippen LogP contribution < -0.4 is 10.1 Å². The molecule has 0 spiro atoms. The van der Waals surface area contributed by atoms with E-state index in [4.69, 9.17) is 25.5 Å². The van der Waals surface area contributed by atoms with Crippen molar-refractivity contribution in [3.63, 3.8) is 0 Å². The van der Waals surface area contributed by atoms with E-state index >= 15 is 0 Å². The monoisotopic (exact) mass is 400 g/mol. The number of ether oxygens (including phenoxy) is 2. The molecule has 2 aromatic carbocycles. The van der Waals surface area contributed by atoms with Gasteiger partial charge in [-0.15, -0.1) is 0 Å². The van der Waals surface area contributed by atoms with Gasteiger partial charge in [-0.25, -0.2) is 4.98 Å². The van der Waals surface area contributed by atoms with Gasteiger partial charge in [-0.3, -0.25) is 9.59 Å². The molecule has 3 rings (SSSR count). The molecule has 0 bridgehead atoms. The lowest BCUT2D eigenvalue weighted by Gasteiger charge is -2.06. The van der Waals surface area contributed by atoms with Crippen LogP contribution in [0.5, 0.6) is 5.75 Å². The van der Waals surface area contributed by atoms with E-state index in [1.165, 1.54) is 13.3 Å². The number of nitrogens with one attached hydrogen (secondary N) is 1. The second-order valence-corrected chi connectivity index (χ2v) is 6.14. The highest BCUT2D eigenvalue weighted by Crippen LogP contribution is 2.22. The average molecular weight is 401 g/mol. The molecule has 0 fully saturated rings. The van der Waals surface area contributed by atoms with Crippen molar-refractivity contribution in [2.45, 2.75) is 6.61 Å². The van der Waals surface area contributed by atoms with Crippen LogP contribution in [0.3, 0.4) is 0 Å². The minimum Gasteiger partial charge on any atom is -0.497 e. The van der Waals surface area contributed by atoms with Crippen LogP contribution in [0, 0.1) is 0 Å². The van der Waals surface area contributed by atoms with Crippen molar-refractivity contribution in [1.29, 1.82) is 0 Å². The Hall–Kier alpha value is -3.32. The molecule has 1 amide bonds. The molecule has 0 aliphatic rings. The van der Waals surface area contributed by atoms with E-state index in [1.54, 1.807) is 48.5 Å². The number of carbonyl (C=O) groups excluding carboxylic acids is 2. The number of hydrogen-bond acceptors (Lipinski definition) is 6. The number of amides is 1. The minimum atomic E-state index is -0.609. The van der Waals surface area contributed by atoms with Crippen molar-refractivity contribution in [3.8, 4) is 17.1 Å². The SMILES string of the molecule is COc1cccc(C(=O)NCC(=O)OCc2ncc(-c3ccc(Cl)cc3)o2)c1. The second kappa shape index (κ2) is 9.05. The van der Waals surface area contributed by atoms with Gasteiger partial charge in [0.25, 0.3) is 5.91 Å². The highest BCUT2D eigenvalue weighted by Gasteiger charge is 2.12. The van der Waals surface area contributed by atoms with Gasteiger partial charge in [-0.2, -0.15) is 0 Å². The Kier molecular flexibility index (Phi) is 6.29. The summed E-state index contributed by atoms with van der Waals surface area (Å²) in [6, 6.07) is 13.7. The molecule has 0 unspecified atom stereocenters. The summed E-state index contributed by atoms with van der Waals surface area (Å²) in [6.45, 7) is -0.414. The molecule has 8 heteroatoms. The maximum atomic E-state index is 12.1. The van der Waals surface area contributed by atoms with Crippen LogP contribution in [0.15, 0.2) is 59.1 Å². The highest BCUT2D eigenvalue weighted by atomic mass is 35.5. The zero-order valence-corrected chi connectivity index (χ0v) is 15.7. The number of aromatic nitrogens is 1. The van der Waals surface area contributed by atoms with Crippen molar-refractivity contribution in [3.05, 3.63) is 71.2 Å². The number of methoxy groups -OCH3 is 1. The smallest absolute Gasteiger partial charge is 0.325 e. The number of oxazole rings is 1. The molecule has 1 N–H and O–H groups in total. The summed E-state index contributed by atoms with van der Waals surface area (Å²) in [6.07, 6.45) is 1.54. The fraction of sp³-hybridized carbons (Fsp3) is 0.150. The van der Waals surface area contributed by atoms with Crippen LogP contribution in [0.25, 0.3) is 11.3 Å². The third-order valence-corrected chi connectivity index (χ3v) is 4.02. The van der Waals surface area contributed by atoms with Crippen LogP contribution in [0.4, 0.5) is 0 Å². The molecule has 0 radical (unpaired) electrons. The summed E-state index contributed by atoms with van der Waals surface area (Å²) in [5.41, 5.74) is 1.19. The molecule has 0 saturated heterocycles. The van der Waals surface area contributed by atoms with Crippen molar-refractivity contribution in [1.82, 2.24) is 10.3 Å². The van der Waals surface area contributed by atoms with Gasteiger partial charge in [-0.05, 0) is 42.5 Å². The standard InChI is InChI=1S/C20H17ClN2O5/c1-26-16-4-2-3-14(9-16)20(25)23-11-19(24)27-12-18-22-10-17(28-18)13-5-7-15(21)8-6-13/h2-10H,11-12H2,1H3,(H,23,25). The summed E-state index contributed by atoms with van der Waals surface area (Å²) in [7, 11) is 1.51. The molecule has 144 valence electrons. The third-order valence-electron chi connectivity index (χ3n) is 3.76. The van der Waals surface area contributed by atoms with E-state index in [2.05, 4.69) is 10.3 Å². The molecule has 0 saturated carbocycles. The van der Waals surface area contributed by atoms with Crippen LogP contribution in [0.2, 0.25) is 5.02 Å². The van der Waals surface area contributed by atoms with Gasteiger partial charge >= 0.3 is 5.97 Å². The third kappa shape index (κ3) is 5.11. The van der Waals surface area contributed by atoms with Crippen LogP contribution in [0.1, 0.15) is 16.2 Å². The Labute approximate surface area is 166 Å². The van der Waals surface area contributed by atoms with Crippen molar-refractivity contribution in [2.75, 3.05) is 13.7 Å². The average Bonchev–Trinajstić information content (AvgIpc) is 3.20. The fourth-order valence-electron chi connectivity index (χ4n) is 2.34. The lowest BCUT2D eigenvalue weighted by Crippen LogP contribution is -2.30. The van der Waals surface area contributed by atoms with E-state index < -0.39 is 11.9 Å².